The fourth-order valence-corrected chi connectivity index (χ4v) is 7.24. The average Bonchev–Trinajstić information content (AvgIpc) is 3.49. The number of ether oxygens (including phenoxy) is 1. The molecule has 8 nitrogen and oxygen atoms in total. The second kappa shape index (κ2) is 12.0. The highest BCUT2D eigenvalue weighted by atomic mass is 32.2. The summed E-state index contributed by atoms with van der Waals surface area (Å²) < 4.78 is 112. The lowest BCUT2D eigenvalue weighted by Gasteiger charge is -2.30. The Labute approximate surface area is 246 Å². The Morgan fingerprint density at radius 3 is 2.40 bits per heavy atom. The fourth-order valence-electron chi connectivity index (χ4n) is 5.19. The molecule has 0 saturated carbocycles. The Kier molecular flexibility index (Phi) is 8.64. The minimum atomic E-state index is -5.46. The van der Waals surface area contributed by atoms with Crippen LogP contribution in [-0.4, -0.2) is 38.6 Å². The summed E-state index contributed by atoms with van der Waals surface area (Å²) in [6.07, 6.45) is -6.75. The number of sulfonamides is 1. The van der Waals surface area contributed by atoms with Crippen LogP contribution in [0.3, 0.4) is 0 Å². The monoisotopic (exact) mass is 649 g/mol. The van der Waals surface area contributed by atoms with Crippen molar-refractivity contribution in [2.75, 3.05) is 17.6 Å². The van der Waals surface area contributed by atoms with Crippen molar-refractivity contribution in [2.24, 2.45) is 0 Å². The molecule has 0 spiro atoms. The van der Waals surface area contributed by atoms with Crippen LogP contribution in [0.1, 0.15) is 60.0 Å². The van der Waals surface area contributed by atoms with Crippen LogP contribution < -0.4 is 14.5 Å². The molecule has 43 heavy (non-hydrogen) atoms. The minimum Gasteiger partial charge on any atom is -0.485 e. The molecule has 1 unspecified atom stereocenters. The van der Waals surface area contributed by atoms with Gasteiger partial charge in [-0.2, -0.15) is 34.8 Å². The third-order valence-corrected chi connectivity index (χ3v) is 9.64. The average molecular weight is 650 g/mol. The first-order chi connectivity index (χ1) is 20.2. The standard InChI is InChI=1S/C27H25F6N3O5S2/c28-26(29,30)18-4-7-23(21(15-18)16-8-10-34-11-9-16)40-22-3-1-2-17-14-19(5-6-20(17)22)43(38,39)36(25-35-12-13-42-25)41-24(37)27(31,32)33/h4-7,12-16,22,34H,1-3,8-11H2. The van der Waals surface area contributed by atoms with Crippen molar-refractivity contribution in [3.8, 4) is 5.75 Å². The Morgan fingerprint density at radius 2 is 1.74 bits per heavy atom. The number of anilines is 1. The molecule has 1 fully saturated rings. The van der Waals surface area contributed by atoms with Crippen LogP contribution in [0.15, 0.2) is 52.9 Å². The van der Waals surface area contributed by atoms with Crippen LogP contribution in [-0.2, 0) is 32.3 Å². The summed E-state index contributed by atoms with van der Waals surface area (Å²) >= 11 is 0.648. The molecule has 0 amide bonds. The van der Waals surface area contributed by atoms with Crippen molar-refractivity contribution < 1.29 is 49.1 Å². The van der Waals surface area contributed by atoms with E-state index < -0.39 is 50.0 Å². The van der Waals surface area contributed by atoms with Gasteiger partial charge in [0.1, 0.15) is 11.9 Å². The molecule has 0 radical (unpaired) electrons. The van der Waals surface area contributed by atoms with E-state index >= 15 is 0 Å². The largest absolute Gasteiger partial charge is 0.493 e. The number of piperidine rings is 1. The van der Waals surface area contributed by atoms with Crippen molar-refractivity contribution in [1.82, 2.24) is 10.3 Å². The molecule has 0 bridgehead atoms. The zero-order valence-corrected chi connectivity index (χ0v) is 23.9. The number of nitrogens with zero attached hydrogens (tertiary/aromatic N) is 2. The van der Waals surface area contributed by atoms with E-state index in [4.69, 9.17) is 4.74 Å². The van der Waals surface area contributed by atoms with E-state index in [1.807, 2.05) is 0 Å². The quantitative estimate of drug-likeness (QED) is 0.237. The maximum Gasteiger partial charge on any atom is 0.493 e. The van der Waals surface area contributed by atoms with E-state index in [-0.39, 0.29) is 10.4 Å². The first-order valence-electron chi connectivity index (χ1n) is 13.2. The maximum atomic E-state index is 13.5. The number of aryl methyl sites for hydroxylation is 1. The molecule has 2 aromatic carbocycles. The number of fused-ring (bicyclic) bond motifs is 1. The second-order valence-electron chi connectivity index (χ2n) is 10.1. The molecule has 1 aliphatic carbocycles. The molecular formula is C27H25F6N3O5S2. The Hall–Kier alpha value is -3.37. The van der Waals surface area contributed by atoms with Gasteiger partial charge in [0.05, 0.1) is 10.5 Å². The van der Waals surface area contributed by atoms with Crippen molar-refractivity contribution in [2.45, 2.75) is 61.4 Å². The highest BCUT2D eigenvalue weighted by Gasteiger charge is 2.45. The van der Waals surface area contributed by atoms with Gasteiger partial charge in [0.2, 0.25) is 5.13 Å². The summed E-state index contributed by atoms with van der Waals surface area (Å²) in [5, 5.41) is 3.98. The van der Waals surface area contributed by atoms with E-state index in [2.05, 4.69) is 15.1 Å². The lowest BCUT2D eigenvalue weighted by Crippen LogP contribution is -2.38. The SMILES string of the molecule is O=C(ON(c1nccs1)S(=O)(=O)c1ccc2c(c1)CCCC2Oc1ccc(C(F)(F)F)cc1C1CCNCC1)C(F)(F)F. The lowest BCUT2D eigenvalue weighted by atomic mass is 9.87. The summed E-state index contributed by atoms with van der Waals surface area (Å²) in [4.78, 5) is 19.0. The first kappa shape index (κ1) is 31.1. The van der Waals surface area contributed by atoms with Gasteiger partial charge in [0, 0.05) is 11.6 Å². The van der Waals surface area contributed by atoms with Crippen molar-refractivity contribution in [3.63, 3.8) is 0 Å². The number of rotatable bonds is 7. The minimum absolute atomic E-state index is 0.148. The molecule has 1 aliphatic heterocycles. The van der Waals surface area contributed by atoms with Gasteiger partial charge in [-0.1, -0.05) is 10.5 Å². The van der Waals surface area contributed by atoms with E-state index in [1.165, 1.54) is 23.6 Å². The Balaban J connectivity index is 1.46. The van der Waals surface area contributed by atoms with Crippen molar-refractivity contribution >= 4 is 32.5 Å². The van der Waals surface area contributed by atoms with Gasteiger partial charge < -0.3 is 14.9 Å². The highest BCUT2D eigenvalue weighted by molar-refractivity contribution is 7.92. The molecule has 5 rings (SSSR count). The van der Waals surface area contributed by atoms with Crippen LogP contribution >= 0.6 is 11.3 Å². The van der Waals surface area contributed by atoms with Crippen molar-refractivity contribution in [1.29, 1.82) is 0 Å². The predicted molar refractivity (Wildman–Crippen MR) is 143 cm³/mol. The number of carbonyl (C=O) groups excluding carboxylic acids is 1. The van der Waals surface area contributed by atoms with Crippen LogP contribution in [0.4, 0.5) is 31.5 Å². The normalized spacial score (nSPS) is 18.1. The molecule has 232 valence electrons. The summed E-state index contributed by atoms with van der Waals surface area (Å²) in [6.45, 7) is 1.31. The summed E-state index contributed by atoms with van der Waals surface area (Å²) in [5.74, 6) is -2.58. The van der Waals surface area contributed by atoms with Crippen LogP contribution in [0, 0.1) is 0 Å². The van der Waals surface area contributed by atoms with E-state index in [0.717, 1.165) is 24.4 Å². The number of nitrogens with one attached hydrogen (secondary N) is 1. The summed E-state index contributed by atoms with van der Waals surface area (Å²) in [6, 6.07) is 7.27. The predicted octanol–water partition coefficient (Wildman–Crippen LogP) is 6.30. The third kappa shape index (κ3) is 6.75. The molecule has 1 atom stereocenters. The molecular weight excluding hydrogens is 624 g/mol. The fraction of sp³-hybridized carbons (Fsp3) is 0.407. The molecule has 2 heterocycles. The van der Waals surface area contributed by atoms with Crippen LogP contribution in [0.25, 0.3) is 0 Å². The van der Waals surface area contributed by atoms with Gasteiger partial charge >= 0.3 is 18.3 Å². The zero-order valence-electron chi connectivity index (χ0n) is 22.2. The Bertz CT molecular complexity index is 1570. The zero-order chi connectivity index (χ0) is 31.0. The van der Waals surface area contributed by atoms with E-state index in [1.54, 1.807) is 0 Å². The van der Waals surface area contributed by atoms with Gasteiger partial charge in [-0.15, -0.1) is 11.3 Å². The van der Waals surface area contributed by atoms with Gasteiger partial charge in [0.25, 0.3) is 10.0 Å². The number of carbonyl (C=O) groups is 1. The van der Waals surface area contributed by atoms with Gasteiger partial charge in [-0.25, -0.2) is 9.78 Å². The molecule has 1 saturated heterocycles. The third-order valence-electron chi connectivity index (χ3n) is 7.25. The smallest absolute Gasteiger partial charge is 0.485 e. The van der Waals surface area contributed by atoms with E-state index in [0.29, 0.717) is 79.0 Å². The van der Waals surface area contributed by atoms with Gasteiger partial charge in [0.15, 0.2) is 0 Å². The highest BCUT2D eigenvalue weighted by Crippen LogP contribution is 2.42. The van der Waals surface area contributed by atoms with E-state index in [9.17, 15) is 39.6 Å². The first-order valence-corrected chi connectivity index (χ1v) is 15.5. The molecule has 16 heteroatoms. The lowest BCUT2D eigenvalue weighted by molar-refractivity contribution is -0.199. The molecule has 1 aromatic heterocycles. The number of aromatic nitrogens is 1. The summed E-state index contributed by atoms with van der Waals surface area (Å²) in [5.41, 5.74) is 0.792. The number of hydrogen-bond acceptors (Lipinski definition) is 8. The molecule has 2 aliphatic rings. The molecule has 3 aromatic rings. The Morgan fingerprint density at radius 1 is 1.00 bits per heavy atom. The van der Waals surface area contributed by atoms with Crippen LogP contribution in [0.5, 0.6) is 5.75 Å². The maximum absolute atomic E-state index is 13.5. The number of hydrogen-bond donors (Lipinski definition) is 1. The topological polar surface area (TPSA) is 97.8 Å². The van der Waals surface area contributed by atoms with Gasteiger partial charge in [-0.3, -0.25) is 0 Å². The number of alkyl halides is 6. The van der Waals surface area contributed by atoms with Crippen LogP contribution in [0.2, 0.25) is 0 Å². The summed E-state index contributed by atoms with van der Waals surface area (Å²) in [7, 11) is -4.84. The number of benzene rings is 2. The second-order valence-corrected chi connectivity index (χ2v) is 12.7. The number of thiazole rings is 1. The number of halogens is 6. The van der Waals surface area contributed by atoms with Gasteiger partial charge in [-0.05, 0) is 98.1 Å². The van der Waals surface area contributed by atoms with Crippen molar-refractivity contribution in [3.05, 3.63) is 70.2 Å². The molecule has 1 N–H and O–H groups in total.